The Bertz CT molecular complexity index is 514. The topological polar surface area (TPSA) is 26.0 Å². The molecule has 1 aromatic rings. The van der Waals surface area contributed by atoms with Crippen LogP contribution in [0.2, 0.25) is 0 Å². The molecular formula is C19H29N. The molecule has 0 bridgehead atoms. The number of fused-ring (bicyclic) bond motifs is 3. The van der Waals surface area contributed by atoms with Gasteiger partial charge in [0.15, 0.2) is 0 Å². The molecule has 0 aliphatic heterocycles. The highest BCUT2D eigenvalue weighted by atomic mass is 14.8. The quantitative estimate of drug-likeness (QED) is 0.798. The maximum absolute atomic E-state index is 6.65. The third kappa shape index (κ3) is 2.02. The normalized spacial score (nSPS) is 36.6. The van der Waals surface area contributed by atoms with E-state index in [-0.39, 0.29) is 5.54 Å². The third-order valence-electron chi connectivity index (χ3n) is 6.09. The molecule has 1 heteroatoms. The largest absolute Gasteiger partial charge is 0.325 e. The lowest BCUT2D eigenvalue weighted by Gasteiger charge is -2.54. The van der Waals surface area contributed by atoms with E-state index in [1.807, 2.05) is 0 Å². The van der Waals surface area contributed by atoms with E-state index in [0.717, 1.165) is 0 Å². The van der Waals surface area contributed by atoms with Gasteiger partial charge in [0.1, 0.15) is 0 Å². The van der Waals surface area contributed by atoms with E-state index in [1.165, 1.54) is 37.7 Å². The third-order valence-corrected chi connectivity index (χ3v) is 6.09. The monoisotopic (exact) mass is 271 g/mol. The molecule has 0 radical (unpaired) electrons. The van der Waals surface area contributed by atoms with Crippen LogP contribution in [0.4, 0.5) is 0 Å². The van der Waals surface area contributed by atoms with Gasteiger partial charge in [-0.15, -0.1) is 0 Å². The van der Waals surface area contributed by atoms with Crippen molar-refractivity contribution in [1.82, 2.24) is 0 Å². The molecule has 2 N–H and O–H groups in total. The summed E-state index contributed by atoms with van der Waals surface area (Å²) in [5, 5.41) is 0. The van der Waals surface area contributed by atoms with Crippen molar-refractivity contribution in [3.05, 3.63) is 34.9 Å². The summed E-state index contributed by atoms with van der Waals surface area (Å²) in [6.07, 6.45) is 6.23. The van der Waals surface area contributed by atoms with Crippen LogP contribution in [-0.4, -0.2) is 5.54 Å². The maximum Gasteiger partial charge on any atom is 0.0162 e. The Morgan fingerprint density at radius 1 is 1.20 bits per heavy atom. The van der Waals surface area contributed by atoms with Crippen molar-refractivity contribution >= 4 is 0 Å². The molecule has 2 aliphatic rings. The molecule has 0 amide bonds. The van der Waals surface area contributed by atoms with E-state index in [2.05, 4.69) is 45.9 Å². The first-order valence-corrected chi connectivity index (χ1v) is 8.27. The van der Waals surface area contributed by atoms with Crippen molar-refractivity contribution in [2.75, 3.05) is 0 Å². The Balaban J connectivity index is 2.06. The van der Waals surface area contributed by atoms with E-state index in [1.54, 1.807) is 11.1 Å². The number of aryl methyl sites for hydroxylation is 1. The van der Waals surface area contributed by atoms with Gasteiger partial charge >= 0.3 is 0 Å². The summed E-state index contributed by atoms with van der Waals surface area (Å²) < 4.78 is 0. The second-order valence-electron chi connectivity index (χ2n) is 7.94. The summed E-state index contributed by atoms with van der Waals surface area (Å²) in [5.41, 5.74) is 11.6. The zero-order valence-corrected chi connectivity index (χ0v) is 13.5. The number of rotatable bonds is 1. The second kappa shape index (κ2) is 4.59. The fourth-order valence-corrected chi connectivity index (χ4v) is 4.92. The first-order valence-electron chi connectivity index (χ1n) is 8.27. The molecule has 0 aromatic heterocycles. The Morgan fingerprint density at radius 2 is 1.95 bits per heavy atom. The molecule has 2 aliphatic carbocycles. The van der Waals surface area contributed by atoms with Gasteiger partial charge in [0, 0.05) is 5.54 Å². The van der Waals surface area contributed by atoms with Crippen LogP contribution in [0.25, 0.3) is 0 Å². The van der Waals surface area contributed by atoms with Crippen molar-refractivity contribution in [3.8, 4) is 0 Å². The van der Waals surface area contributed by atoms with Crippen LogP contribution in [0.5, 0.6) is 0 Å². The van der Waals surface area contributed by atoms with Crippen LogP contribution in [0.15, 0.2) is 18.2 Å². The summed E-state index contributed by atoms with van der Waals surface area (Å²) in [6, 6.07) is 7.22. The lowest BCUT2D eigenvalue weighted by molar-refractivity contribution is 0.0907. The number of nitrogens with two attached hydrogens (primary N) is 1. The van der Waals surface area contributed by atoms with Crippen LogP contribution in [0.3, 0.4) is 0 Å². The summed E-state index contributed by atoms with van der Waals surface area (Å²) in [6.45, 7) is 9.32. The van der Waals surface area contributed by atoms with E-state index < -0.39 is 0 Å². The van der Waals surface area contributed by atoms with E-state index in [4.69, 9.17) is 5.73 Å². The van der Waals surface area contributed by atoms with Crippen molar-refractivity contribution in [2.45, 2.75) is 76.7 Å². The van der Waals surface area contributed by atoms with Crippen molar-refractivity contribution in [3.63, 3.8) is 0 Å². The average molecular weight is 271 g/mol. The summed E-state index contributed by atoms with van der Waals surface area (Å²) in [7, 11) is 0. The van der Waals surface area contributed by atoms with Crippen molar-refractivity contribution in [2.24, 2.45) is 11.7 Å². The molecule has 110 valence electrons. The highest BCUT2D eigenvalue weighted by Crippen LogP contribution is 2.52. The SMILES string of the molecule is CC(C)c1ccc2c(c1)CCC1C2(C)CCC[C@@]1(C)N. The highest BCUT2D eigenvalue weighted by molar-refractivity contribution is 5.42. The smallest absolute Gasteiger partial charge is 0.0162 e. The predicted octanol–water partition coefficient (Wildman–Crippen LogP) is 4.53. The fourth-order valence-electron chi connectivity index (χ4n) is 4.92. The van der Waals surface area contributed by atoms with E-state index >= 15 is 0 Å². The standard InChI is InChI=1S/C19H29N/c1-13(2)14-6-8-16-15(12-14)7-9-17-18(16,3)10-5-11-19(17,4)20/h6,8,12-13,17H,5,7,9-11,20H2,1-4H3/t17?,18?,19-/m1/s1. The van der Waals surface area contributed by atoms with Gasteiger partial charge < -0.3 is 5.73 Å². The molecule has 1 nitrogen and oxygen atoms in total. The maximum atomic E-state index is 6.65. The van der Waals surface area contributed by atoms with Gasteiger partial charge in [0.05, 0.1) is 0 Å². The molecule has 0 saturated heterocycles. The minimum absolute atomic E-state index is 0.0153. The second-order valence-corrected chi connectivity index (χ2v) is 7.94. The minimum atomic E-state index is 0.0153. The molecule has 0 spiro atoms. The summed E-state index contributed by atoms with van der Waals surface area (Å²) in [5.74, 6) is 1.26. The number of hydrogen-bond donors (Lipinski definition) is 1. The Labute approximate surface area is 124 Å². The molecule has 0 heterocycles. The molecule has 3 rings (SSSR count). The van der Waals surface area contributed by atoms with Crippen LogP contribution in [-0.2, 0) is 11.8 Å². The first kappa shape index (κ1) is 14.1. The molecule has 1 fully saturated rings. The average Bonchev–Trinajstić information content (AvgIpc) is 2.37. The van der Waals surface area contributed by atoms with Crippen molar-refractivity contribution < 1.29 is 0 Å². The summed E-state index contributed by atoms with van der Waals surface area (Å²) in [4.78, 5) is 0. The molecule has 3 atom stereocenters. The Kier molecular flexibility index (Phi) is 3.25. The zero-order valence-electron chi connectivity index (χ0n) is 13.5. The van der Waals surface area contributed by atoms with Crippen LogP contribution in [0.1, 0.15) is 76.0 Å². The van der Waals surface area contributed by atoms with E-state index in [0.29, 0.717) is 17.3 Å². The first-order chi connectivity index (χ1) is 9.34. The van der Waals surface area contributed by atoms with Gasteiger partial charge in [-0.05, 0) is 66.5 Å². The fraction of sp³-hybridized carbons (Fsp3) is 0.684. The predicted molar refractivity (Wildman–Crippen MR) is 86.1 cm³/mol. The lowest BCUT2D eigenvalue weighted by Crippen LogP contribution is -2.57. The summed E-state index contributed by atoms with van der Waals surface area (Å²) >= 11 is 0. The van der Waals surface area contributed by atoms with E-state index in [9.17, 15) is 0 Å². The van der Waals surface area contributed by atoms with Crippen LogP contribution >= 0.6 is 0 Å². The van der Waals surface area contributed by atoms with Gasteiger partial charge in [0.2, 0.25) is 0 Å². The molecule has 20 heavy (non-hydrogen) atoms. The van der Waals surface area contributed by atoms with Crippen LogP contribution < -0.4 is 5.73 Å². The van der Waals surface area contributed by atoms with Gasteiger partial charge in [-0.25, -0.2) is 0 Å². The minimum Gasteiger partial charge on any atom is -0.325 e. The van der Waals surface area contributed by atoms with Gasteiger partial charge in [-0.3, -0.25) is 0 Å². The zero-order chi connectivity index (χ0) is 14.5. The highest BCUT2D eigenvalue weighted by Gasteiger charge is 2.49. The van der Waals surface area contributed by atoms with Gasteiger partial charge in [-0.2, -0.15) is 0 Å². The van der Waals surface area contributed by atoms with Gasteiger partial charge in [-0.1, -0.05) is 45.4 Å². The Morgan fingerprint density at radius 3 is 2.65 bits per heavy atom. The lowest BCUT2D eigenvalue weighted by atomic mass is 9.53. The van der Waals surface area contributed by atoms with Crippen LogP contribution in [0, 0.1) is 5.92 Å². The molecule has 1 aromatic carbocycles. The number of benzene rings is 1. The van der Waals surface area contributed by atoms with Gasteiger partial charge in [0.25, 0.3) is 0 Å². The van der Waals surface area contributed by atoms with Crippen molar-refractivity contribution in [1.29, 1.82) is 0 Å². The molecule has 2 unspecified atom stereocenters. The number of hydrogen-bond acceptors (Lipinski definition) is 1. The molecule has 1 saturated carbocycles. The Hall–Kier alpha value is -0.820. The molecular weight excluding hydrogens is 242 g/mol.